The summed E-state index contributed by atoms with van der Waals surface area (Å²) in [6.45, 7) is 5.16. The molecule has 3 rings (SSSR count). The van der Waals surface area contributed by atoms with Gasteiger partial charge in [-0.2, -0.15) is 0 Å². The van der Waals surface area contributed by atoms with E-state index in [1.54, 1.807) is 24.9 Å². The number of para-hydroxylation sites is 1. The van der Waals surface area contributed by atoms with Crippen molar-refractivity contribution >= 4 is 28.6 Å². The van der Waals surface area contributed by atoms with E-state index in [-0.39, 0.29) is 29.2 Å². The Kier molecular flexibility index (Phi) is 8.91. The van der Waals surface area contributed by atoms with Gasteiger partial charge in [-0.3, -0.25) is 14.2 Å². The van der Waals surface area contributed by atoms with Crippen LogP contribution in [-0.4, -0.2) is 42.0 Å². The Morgan fingerprint density at radius 2 is 1.85 bits per heavy atom. The predicted octanol–water partition coefficient (Wildman–Crippen LogP) is 4.05. The fraction of sp³-hybridized carbons (Fsp3) is 0.400. The molecule has 0 aliphatic heterocycles. The average Bonchev–Trinajstić information content (AvgIpc) is 2.83. The second-order valence-corrected chi connectivity index (χ2v) is 9.01. The Labute approximate surface area is 198 Å². The highest BCUT2D eigenvalue weighted by Crippen LogP contribution is 2.25. The zero-order valence-corrected chi connectivity index (χ0v) is 20.4. The number of aromatic nitrogens is 2. The Bertz CT molecular complexity index is 1130. The number of hydrogen-bond donors (Lipinski definition) is 1. The highest BCUT2D eigenvalue weighted by molar-refractivity contribution is 7.99. The molecule has 2 aromatic carbocycles. The number of carbonyl (C=O) groups excluding carboxylic acids is 1. The number of amides is 1. The molecule has 3 aromatic rings. The van der Waals surface area contributed by atoms with E-state index in [4.69, 9.17) is 9.47 Å². The van der Waals surface area contributed by atoms with Crippen molar-refractivity contribution in [1.82, 2.24) is 14.9 Å². The third-order valence-electron chi connectivity index (χ3n) is 5.35. The minimum Gasteiger partial charge on any atom is -0.497 e. The van der Waals surface area contributed by atoms with E-state index in [9.17, 15) is 9.59 Å². The third-order valence-corrected chi connectivity index (χ3v) is 6.32. The maximum Gasteiger partial charge on any atom is 0.262 e. The first-order chi connectivity index (χ1) is 15.9. The molecule has 1 amide bonds. The number of hydrogen-bond acceptors (Lipinski definition) is 6. The van der Waals surface area contributed by atoms with Crippen LogP contribution < -0.4 is 15.6 Å². The van der Waals surface area contributed by atoms with Crippen LogP contribution in [0, 0.1) is 5.92 Å². The van der Waals surface area contributed by atoms with Crippen LogP contribution in [0.5, 0.6) is 5.75 Å². The molecule has 0 radical (unpaired) electrons. The van der Waals surface area contributed by atoms with Gasteiger partial charge in [0.1, 0.15) is 5.75 Å². The van der Waals surface area contributed by atoms with Crippen molar-refractivity contribution in [3.63, 3.8) is 0 Å². The van der Waals surface area contributed by atoms with Gasteiger partial charge in [0, 0.05) is 20.3 Å². The van der Waals surface area contributed by atoms with Gasteiger partial charge >= 0.3 is 0 Å². The summed E-state index contributed by atoms with van der Waals surface area (Å²) in [5.74, 6) is 1.03. The van der Waals surface area contributed by atoms with E-state index in [0.717, 1.165) is 11.3 Å². The topological polar surface area (TPSA) is 82.4 Å². The first-order valence-corrected chi connectivity index (χ1v) is 12.0. The first kappa shape index (κ1) is 24.8. The van der Waals surface area contributed by atoms with Gasteiger partial charge in [-0.05, 0) is 42.2 Å². The fourth-order valence-electron chi connectivity index (χ4n) is 3.61. The van der Waals surface area contributed by atoms with Crippen molar-refractivity contribution in [1.29, 1.82) is 0 Å². The summed E-state index contributed by atoms with van der Waals surface area (Å²) in [5.41, 5.74) is 1.55. The van der Waals surface area contributed by atoms with E-state index in [1.165, 1.54) is 11.8 Å². The summed E-state index contributed by atoms with van der Waals surface area (Å²) >= 11 is 1.28. The summed E-state index contributed by atoms with van der Waals surface area (Å²) in [6.07, 6.45) is 0.684. The molecule has 1 N–H and O–H groups in total. The quantitative estimate of drug-likeness (QED) is 0.259. The van der Waals surface area contributed by atoms with E-state index in [0.29, 0.717) is 35.6 Å². The van der Waals surface area contributed by atoms with Crippen molar-refractivity contribution in [3.8, 4) is 5.75 Å². The molecule has 0 bridgehead atoms. The zero-order valence-electron chi connectivity index (χ0n) is 19.5. The van der Waals surface area contributed by atoms with Gasteiger partial charge in [0.15, 0.2) is 5.16 Å². The summed E-state index contributed by atoms with van der Waals surface area (Å²) < 4.78 is 12.0. The van der Waals surface area contributed by atoms with E-state index in [2.05, 4.69) is 24.1 Å². The molecule has 8 heteroatoms. The van der Waals surface area contributed by atoms with Gasteiger partial charge in [-0.1, -0.05) is 49.9 Å². The van der Waals surface area contributed by atoms with Gasteiger partial charge in [0.25, 0.3) is 5.56 Å². The molecule has 0 saturated carbocycles. The van der Waals surface area contributed by atoms with Crippen LogP contribution in [0.2, 0.25) is 0 Å². The van der Waals surface area contributed by atoms with Crippen LogP contribution >= 0.6 is 11.8 Å². The van der Waals surface area contributed by atoms with Crippen LogP contribution in [-0.2, 0) is 16.1 Å². The summed E-state index contributed by atoms with van der Waals surface area (Å²) in [7, 11) is 3.26. The van der Waals surface area contributed by atoms with Crippen molar-refractivity contribution in [2.45, 2.75) is 38.0 Å². The summed E-state index contributed by atoms with van der Waals surface area (Å²) in [4.78, 5) is 30.6. The van der Waals surface area contributed by atoms with Crippen LogP contribution in [0.1, 0.15) is 31.9 Å². The van der Waals surface area contributed by atoms with Gasteiger partial charge in [0.2, 0.25) is 5.91 Å². The molecule has 1 atom stereocenters. The number of methoxy groups -OCH3 is 2. The normalized spacial score (nSPS) is 12.2. The van der Waals surface area contributed by atoms with Crippen LogP contribution in [0.25, 0.3) is 10.9 Å². The molecule has 1 heterocycles. The molecular weight excluding hydrogens is 438 g/mol. The van der Waals surface area contributed by atoms with Gasteiger partial charge in [-0.15, -0.1) is 0 Å². The number of carbonyl (C=O) groups is 1. The number of rotatable bonds is 11. The van der Waals surface area contributed by atoms with Crippen molar-refractivity contribution in [2.75, 3.05) is 26.6 Å². The van der Waals surface area contributed by atoms with Crippen molar-refractivity contribution < 1.29 is 14.3 Å². The zero-order chi connectivity index (χ0) is 23.8. The lowest BCUT2D eigenvalue weighted by molar-refractivity contribution is -0.119. The molecule has 0 spiro atoms. The number of benzene rings is 2. The molecular formula is C25H31N3O4S. The van der Waals surface area contributed by atoms with Crippen molar-refractivity contribution in [2.24, 2.45) is 5.92 Å². The second kappa shape index (κ2) is 11.9. The largest absolute Gasteiger partial charge is 0.497 e. The molecule has 7 nitrogen and oxygen atoms in total. The molecule has 0 aliphatic carbocycles. The minimum atomic E-state index is -0.127. The van der Waals surface area contributed by atoms with Crippen LogP contribution in [0.3, 0.4) is 0 Å². The van der Waals surface area contributed by atoms with Crippen LogP contribution in [0.4, 0.5) is 0 Å². The predicted molar refractivity (Wildman–Crippen MR) is 132 cm³/mol. The lowest BCUT2D eigenvalue weighted by Crippen LogP contribution is -2.33. The summed E-state index contributed by atoms with van der Waals surface area (Å²) in [6, 6.07) is 14.9. The number of ether oxygens (including phenoxy) is 2. The molecule has 0 saturated heterocycles. The third kappa shape index (κ3) is 6.36. The standard InChI is InChI=1S/C25H31N3O4S/c1-17(2)23(18-10-12-19(32-4)13-11-18)27-22(29)16-33-25-26-21-9-6-5-8-20(21)24(30)28(25)14-7-15-31-3/h5-6,8-13,17,23H,7,14-16H2,1-4H3,(H,27,29). The SMILES string of the molecule is COCCCn1c(SCC(=O)NC(c2ccc(OC)cc2)C(C)C)nc2ccccc2c1=O. The van der Waals surface area contributed by atoms with Crippen LogP contribution in [0.15, 0.2) is 58.5 Å². The summed E-state index contributed by atoms with van der Waals surface area (Å²) in [5, 5.41) is 4.24. The lowest BCUT2D eigenvalue weighted by atomic mass is 9.96. The monoisotopic (exact) mass is 469 g/mol. The molecule has 33 heavy (non-hydrogen) atoms. The fourth-order valence-corrected chi connectivity index (χ4v) is 4.45. The minimum absolute atomic E-state index is 0.0992. The number of nitrogens with one attached hydrogen (secondary N) is 1. The first-order valence-electron chi connectivity index (χ1n) is 11.0. The van der Waals surface area contributed by atoms with Crippen molar-refractivity contribution in [3.05, 3.63) is 64.4 Å². The number of fused-ring (bicyclic) bond motifs is 1. The maximum atomic E-state index is 13.1. The van der Waals surface area contributed by atoms with Gasteiger partial charge < -0.3 is 14.8 Å². The molecule has 1 aromatic heterocycles. The maximum absolute atomic E-state index is 13.1. The Morgan fingerprint density at radius 3 is 2.52 bits per heavy atom. The van der Waals surface area contributed by atoms with E-state index >= 15 is 0 Å². The lowest BCUT2D eigenvalue weighted by Gasteiger charge is -2.23. The van der Waals surface area contributed by atoms with Gasteiger partial charge in [0.05, 0.1) is 29.8 Å². The van der Waals surface area contributed by atoms with Gasteiger partial charge in [-0.25, -0.2) is 4.98 Å². The Hall–Kier alpha value is -2.84. The molecule has 0 fully saturated rings. The van der Waals surface area contributed by atoms with E-state index < -0.39 is 0 Å². The van der Waals surface area contributed by atoms with E-state index in [1.807, 2.05) is 42.5 Å². The number of thioether (sulfide) groups is 1. The highest BCUT2D eigenvalue weighted by atomic mass is 32.2. The Morgan fingerprint density at radius 1 is 1.12 bits per heavy atom. The second-order valence-electron chi connectivity index (χ2n) is 8.07. The number of nitrogens with zero attached hydrogens (tertiary/aromatic N) is 2. The molecule has 176 valence electrons. The molecule has 0 aliphatic rings. The average molecular weight is 470 g/mol. The molecule has 1 unspecified atom stereocenters. The smallest absolute Gasteiger partial charge is 0.262 e. The highest BCUT2D eigenvalue weighted by Gasteiger charge is 2.20. The Balaban J connectivity index is 1.76.